The van der Waals surface area contributed by atoms with Crippen LogP contribution < -0.4 is 10.2 Å². The minimum absolute atomic E-state index is 0.927. The van der Waals surface area contributed by atoms with Crippen molar-refractivity contribution < 1.29 is 0 Å². The fourth-order valence-electron chi connectivity index (χ4n) is 3.61. The maximum atomic E-state index is 4.97. The molecular formula is C19H24N4. The molecule has 1 N–H and O–H groups in total. The maximum absolute atomic E-state index is 4.97. The Labute approximate surface area is 138 Å². The summed E-state index contributed by atoms with van der Waals surface area (Å²) in [5.74, 6) is 2.24. The summed E-state index contributed by atoms with van der Waals surface area (Å²) < 4.78 is 0. The normalized spacial score (nSPS) is 17.3. The molecule has 0 spiro atoms. The molecule has 1 fully saturated rings. The Morgan fingerprint density at radius 2 is 1.78 bits per heavy atom. The third-order valence-corrected chi connectivity index (χ3v) is 4.85. The number of fused-ring (bicyclic) bond motifs is 1. The highest BCUT2D eigenvalue weighted by molar-refractivity contribution is 5.51. The fraction of sp³-hybridized carbons (Fsp3) is 0.474. The van der Waals surface area contributed by atoms with Crippen LogP contribution in [0.3, 0.4) is 0 Å². The summed E-state index contributed by atoms with van der Waals surface area (Å²) in [7, 11) is 0. The first-order valence-corrected chi connectivity index (χ1v) is 8.78. The van der Waals surface area contributed by atoms with E-state index >= 15 is 0 Å². The summed E-state index contributed by atoms with van der Waals surface area (Å²) in [6.45, 7) is 4.22. The van der Waals surface area contributed by atoms with Crippen molar-refractivity contribution in [2.75, 3.05) is 31.1 Å². The van der Waals surface area contributed by atoms with Gasteiger partial charge in [0.2, 0.25) is 0 Å². The second-order valence-electron chi connectivity index (χ2n) is 6.46. The predicted octanol–water partition coefficient (Wildman–Crippen LogP) is 2.16. The second kappa shape index (κ2) is 6.67. The number of nitrogens with one attached hydrogen (secondary N) is 1. The van der Waals surface area contributed by atoms with Crippen LogP contribution >= 0.6 is 0 Å². The summed E-state index contributed by atoms with van der Waals surface area (Å²) in [5, 5.41) is 3.43. The van der Waals surface area contributed by atoms with E-state index in [1.165, 1.54) is 29.1 Å². The number of rotatable bonds is 4. The monoisotopic (exact) mass is 308 g/mol. The summed E-state index contributed by atoms with van der Waals surface area (Å²) in [5.41, 5.74) is 4.08. The number of aromatic nitrogens is 2. The summed E-state index contributed by atoms with van der Waals surface area (Å²) in [6.07, 6.45) is 5.44. The maximum Gasteiger partial charge on any atom is 0.135 e. The molecule has 0 atom stereocenters. The van der Waals surface area contributed by atoms with Crippen molar-refractivity contribution in [3.8, 4) is 0 Å². The third kappa shape index (κ3) is 3.22. The molecule has 4 nitrogen and oxygen atoms in total. The summed E-state index contributed by atoms with van der Waals surface area (Å²) >= 11 is 0. The highest BCUT2D eigenvalue weighted by Crippen LogP contribution is 2.29. The van der Waals surface area contributed by atoms with Gasteiger partial charge in [0.25, 0.3) is 0 Å². The first-order valence-electron chi connectivity index (χ1n) is 8.78. The van der Waals surface area contributed by atoms with Gasteiger partial charge in [-0.25, -0.2) is 9.97 Å². The molecule has 1 aliphatic carbocycles. The lowest BCUT2D eigenvalue weighted by atomic mass is 10.1. The number of benzene rings is 1. The van der Waals surface area contributed by atoms with Gasteiger partial charge in [0, 0.05) is 43.9 Å². The van der Waals surface area contributed by atoms with Crippen molar-refractivity contribution in [3.05, 3.63) is 53.0 Å². The van der Waals surface area contributed by atoms with E-state index in [1.807, 2.05) is 0 Å². The van der Waals surface area contributed by atoms with Crippen LogP contribution in [-0.2, 0) is 25.7 Å². The largest absolute Gasteiger partial charge is 0.354 e. The molecule has 1 aromatic carbocycles. The van der Waals surface area contributed by atoms with E-state index in [0.29, 0.717) is 0 Å². The van der Waals surface area contributed by atoms with Gasteiger partial charge in [-0.1, -0.05) is 30.3 Å². The van der Waals surface area contributed by atoms with Gasteiger partial charge in [-0.3, -0.25) is 0 Å². The third-order valence-electron chi connectivity index (χ3n) is 4.85. The van der Waals surface area contributed by atoms with Gasteiger partial charge in [-0.15, -0.1) is 0 Å². The molecule has 2 aliphatic rings. The number of anilines is 1. The van der Waals surface area contributed by atoms with Crippen LogP contribution in [-0.4, -0.2) is 36.1 Å². The van der Waals surface area contributed by atoms with Gasteiger partial charge >= 0.3 is 0 Å². The fourth-order valence-corrected chi connectivity index (χ4v) is 3.61. The van der Waals surface area contributed by atoms with Crippen LogP contribution in [0.4, 0.5) is 5.82 Å². The van der Waals surface area contributed by atoms with E-state index in [2.05, 4.69) is 40.5 Å². The van der Waals surface area contributed by atoms with Crippen molar-refractivity contribution in [2.45, 2.75) is 32.1 Å². The van der Waals surface area contributed by atoms with E-state index in [1.54, 1.807) is 0 Å². The Balaban J connectivity index is 1.57. The van der Waals surface area contributed by atoms with Crippen LogP contribution in [0.2, 0.25) is 0 Å². The Morgan fingerprint density at radius 1 is 0.957 bits per heavy atom. The zero-order chi connectivity index (χ0) is 15.5. The van der Waals surface area contributed by atoms with Crippen molar-refractivity contribution in [1.29, 1.82) is 0 Å². The van der Waals surface area contributed by atoms with E-state index < -0.39 is 0 Å². The molecule has 0 saturated carbocycles. The minimum atomic E-state index is 0.927. The number of aryl methyl sites for hydroxylation is 3. The Morgan fingerprint density at radius 3 is 2.61 bits per heavy atom. The molecule has 2 heterocycles. The molecule has 4 heteroatoms. The molecule has 0 amide bonds. The highest BCUT2D eigenvalue weighted by Gasteiger charge is 2.23. The van der Waals surface area contributed by atoms with Gasteiger partial charge < -0.3 is 10.2 Å². The number of nitrogens with zero attached hydrogens (tertiary/aromatic N) is 3. The van der Waals surface area contributed by atoms with Crippen LogP contribution in [0, 0.1) is 0 Å². The highest BCUT2D eigenvalue weighted by atomic mass is 15.2. The van der Waals surface area contributed by atoms with Gasteiger partial charge in [0.05, 0.1) is 0 Å². The Kier molecular flexibility index (Phi) is 4.24. The lowest BCUT2D eigenvalue weighted by molar-refractivity contribution is 0.581. The first kappa shape index (κ1) is 14.6. The predicted molar refractivity (Wildman–Crippen MR) is 93.0 cm³/mol. The van der Waals surface area contributed by atoms with Crippen molar-refractivity contribution in [2.24, 2.45) is 0 Å². The SMILES string of the molecule is c1ccc(CCc2nc3c(c(N4CCNCC4)n2)CCC3)cc1. The molecule has 0 radical (unpaired) electrons. The van der Waals surface area contributed by atoms with Crippen LogP contribution in [0.15, 0.2) is 30.3 Å². The van der Waals surface area contributed by atoms with E-state index in [4.69, 9.17) is 9.97 Å². The standard InChI is InChI=1S/C19H24N4/c1-2-5-15(6-3-1)9-10-18-21-17-8-4-7-16(17)19(22-18)23-13-11-20-12-14-23/h1-3,5-6,20H,4,7-14H2. The lowest BCUT2D eigenvalue weighted by Crippen LogP contribution is -2.44. The molecular weight excluding hydrogens is 284 g/mol. The topological polar surface area (TPSA) is 41.1 Å². The summed E-state index contributed by atoms with van der Waals surface area (Å²) in [4.78, 5) is 12.3. The van der Waals surface area contributed by atoms with Gasteiger partial charge in [0.15, 0.2) is 0 Å². The van der Waals surface area contributed by atoms with Gasteiger partial charge in [0.1, 0.15) is 11.6 Å². The van der Waals surface area contributed by atoms with Crippen molar-refractivity contribution >= 4 is 5.82 Å². The molecule has 1 aliphatic heterocycles. The van der Waals surface area contributed by atoms with Crippen LogP contribution in [0.25, 0.3) is 0 Å². The molecule has 0 bridgehead atoms. The molecule has 23 heavy (non-hydrogen) atoms. The molecule has 120 valence electrons. The molecule has 1 saturated heterocycles. The number of hydrogen-bond acceptors (Lipinski definition) is 4. The average molecular weight is 308 g/mol. The number of piperazine rings is 1. The molecule has 0 unspecified atom stereocenters. The lowest BCUT2D eigenvalue weighted by Gasteiger charge is -2.30. The van der Waals surface area contributed by atoms with Crippen molar-refractivity contribution in [1.82, 2.24) is 15.3 Å². The van der Waals surface area contributed by atoms with Crippen LogP contribution in [0.5, 0.6) is 0 Å². The van der Waals surface area contributed by atoms with Crippen LogP contribution in [0.1, 0.15) is 29.1 Å². The van der Waals surface area contributed by atoms with Gasteiger partial charge in [-0.05, 0) is 31.2 Å². The molecule has 2 aromatic rings. The van der Waals surface area contributed by atoms with E-state index in [0.717, 1.165) is 57.7 Å². The zero-order valence-corrected chi connectivity index (χ0v) is 13.6. The quantitative estimate of drug-likeness (QED) is 0.940. The van der Waals surface area contributed by atoms with E-state index in [-0.39, 0.29) is 0 Å². The first-order chi connectivity index (χ1) is 11.4. The second-order valence-corrected chi connectivity index (χ2v) is 6.46. The Bertz CT molecular complexity index is 663. The van der Waals surface area contributed by atoms with Gasteiger partial charge in [-0.2, -0.15) is 0 Å². The number of hydrogen-bond donors (Lipinski definition) is 1. The molecule has 4 rings (SSSR count). The summed E-state index contributed by atoms with van der Waals surface area (Å²) in [6, 6.07) is 10.6. The average Bonchev–Trinajstić information content (AvgIpc) is 3.09. The van der Waals surface area contributed by atoms with E-state index in [9.17, 15) is 0 Å². The van der Waals surface area contributed by atoms with Crippen molar-refractivity contribution in [3.63, 3.8) is 0 Å². The zero-order valence-electron chi connectivity index (χ0n) is 13.6. The molecule has 1 aromatic heterocycles. The smallest absolute Gasteiger partial charge is 0.135 e. The Hall–Kier alpha value is -1.94. The minimum Gasteiger partial charge on any atom is -0.354 e.